The molecule has 0 aromatic heterocycles. The number of benzene rings is 2. The number of nitrogens with one attached hydrogen (secondary N) is 3. The first-order valence-electron chi connectivity index (χ1n) is 11.5. The maximum atomic E-state index is 12.9. The summed E-state index contributed by atoms with van der Waals surface area (Å²) in [4.78, 5) is 60.3. The molecule has 3 unspecified atom stereocenters. The summed E-state index contributed by atoms with van der Waals surface area (Å²) in [5.41, 5.74) is 12.4. The summed E-state index contributed by atoms with van der Waals surface area (Å²) in [6.07, 6.45) is -0.267. The van der Waals surface area contributed by atoms with Crippen LogP contribution in [0.2, 0.25) is 0 Å². The summed E-state index contributed by atoms with van der Waals surface area (Å²) >= 11 is 0. The van der Waals surface area contributed by atoms with Crippen LogP contribution >= 0.6 is 0 Å². The zero-order chi connectivity index (χ0) is 27.4. The highest BCUT2D eigenvalue weighted by atomic mass is 16.4. The number of phenols is 1. The number of aliphatic carboxylic acids is 1. The molecule has 12 nitrogen and oxygen atoms in total. The van der Waals surface area contributed by atoms with Crippen molar-refractivity contribution in [3.8, 4) is 5.75 Å². The molecule has 12 heteroatoms. The second-order valence-corrected chi connectivity index (χ2v) is 8.41. The van der Waals surface area contributed by atoms with Gasteiger partial charge in [0.1, 0.15) is 17.8 Å². The van der Waals surface area contributed by atoms with Gasteiger partial charge in [0.05, 0.1) is 12.6 Å². The van der Waals surface area contributed by atoms with E-state index in [1.165, 1.54) is 24.3 Å². The van der Waals surface area contributed by atoms with E-state index >= 15 is 0 Å². The molecule has 9 N–H and O–H groups in total. The predicted octanol–water partition coefficient (Wildman–Crippen LogP) is -1.06. The summed E-state index contributed by atoms with van der Waals surface area (Å²) in [7, 11) is 0. The molecule has 0 bridgehead atoms. The summed E-state index contributed by atoms with van der Waals surface area (Å²) in [5, 5.41) is 26.1. The number of hydrogen-bond donors (Lipinski definition) is 7. The molecular formula is C25H31N5O7. The van der Waals surface area contributed by atoms with E-state index in [0.29, 0.717) is 5.56 Å². The SMILES string of the molecule is NC(=O)CCC(NC(=O)C(Cc1ccc(O)cc1)NC(=O)CNC(=O)C(N)Cc1ccccc1)C(=O)O. The second-order valence-electron chi connectivity index (χ2n) is 8.41. The average molecular weight is 514 g/mol. The number of amides is 4. The third-order valence-electron chi connectivity index (χ3n) is 5.38. The number of rotatable bonds is 14. The van der Waals surface area contributed by atoms with Gasteiger partial charge in [-0.2, -0.15) is 0 Å². The van der Waals surface area contributed by atoms with E-state index in [9.17, 15) is 34.2 Å². The minimum Gasteiger partial charge on any atom is -0.508 e. The van der Waals surface area contributed by atoms with Crippen molar-refractivity contribution >= 4 is 29.6 Å². The summed E-state index contributed by atoms with van der Waals surface area (Å²) < 4.78 is 0. The van der Waals surface area contributed by atoms with Gasteiger partial charge in [0.15, 0.2) is 0 Å². The molecular weight excluding hydrogens is 482 g/mol. The number of carbonyl (C=O) groups is 5. The number of hydrogen-bond acceptors (Lipinski definition) is 7. The summed E-state index contributed by atoms with van der Waals surface area (Å²) in [5.74, 6) is -4.18. The molecule has 0 saturated heterocycles. The van der Waals surface area contributed by atoms with E-state index in [1.807, 2.05) is 30.3 Å². The molecule has 37 heavy (non-hydrogen) atoms. The van der Waals surface area contributed by atoms with Gasteiger partial charge in [0, 0.05) is 12.8 Å². The van der Waals surface area contributed by atoms with Crippen molar-refractivity contribution < 1.29 is 34.2 Å². The molecule has 3 atom stereocenters. The first-order chi connectivity index (χ1) is 17.5. The Bertz CT molecular complexity index is 1090. The van der Waals surface area contributed by atoms with Gasteiger partial charge < -0.3 is 37.6 Å². The minimum atomic E-state index is -1.41. The van der Waals surface area contributed by atoms with Crippen LogP contribution in [0.5, 0.6) is 5.75 Å². The number of carboxylic acid groups (broad SMARTS) is 1. The van der Waals surface area contributed by atoms with Crippen LogP contribution in [0.4, 0.5) is 0 Å². The van der Waals surface area contributed by atoms with Crippen molar-refractivity contribution in [2.45, 2.75) is 43.8 Å². The fourth-order valence-electron chi connectivity index (χ4n) is 3.40. The standard InChI is InChI=1S/C25H31N5O7/c26-18(12-15-4-2-1-3-5-15)23(34)28-14-22(33)29-20(13-16-6-8-17(31)9-7-16)24(35)30-19(25(36)37)10-11-21(27)32/h1-9,18-20,31H,10-14,26H2,(H2,27,32)(H,28,34)(H,29,33)(H,30,35)(H,36,37). The molecule has 0 fully saturated rings. The Balaban J connectivity index is 2.02. The zero-order valence-corrected chi connectivity index (χ0v) is 20.1. The summed E-state index contributed by atoms with van der Waals surface area (Å²) in [6, 6.07) is 11.4. The first kappa shape index (κ1) is 28.8. The minimum absolute atomic E-state index is 0.000680. The lowest BCUT2D eigenvalue weighted by Crippen LogP contribution is -2.54. The van der Waals surface area contributed by atoms with Crippen molar-refractivity contribution in [1.82, 2.24) is 16.0 Å². The monoisotopic (exact) mass is 513 g/mol. The first-order valence-corrected chi connectivity index (χ1v) is 11.5. The highest BCUT2D eigenvalue weighted by molar-refractivity contribution is 5.92. The molecule has 198 valence electrons. The third-order valence-corrected chi connectivity index (χ3v) is 5.38. The Kier molecular flexibility index (Phi) is 11.0. The smallest absolute Gasteiger partial charge is 0.326 e. The van der Waals surface area contributed by atoms with E-state index < -0.39 is 54.3 Å². The number of aromatic hydroxyl groups is 1. The number of carbonyl (C=O) groups excluding carboxylic acids is 4. The largest absolute Gasteiger partial charge is 0.508 e. The van der Waals surface area contributed by atoms with Crippen LogP contribution in [0.1, 0.15) is 24.0 Å². The summed E-state index contributed by atoms with van der Waals surface area (Å²) in [6.45, 7) is -0.468. The third kappa shape index (κ3) is 10.4. The number of primary amides is 1. The fourth-order valence-corrected chi connectivity index (χ4v) is 3.40. The maximum absolute atomic E-state index is 12.9. The van der Waals surface area contributed by atoms with Crippen LogP contribution in [-0.4, -0.2) is 64.5 Å². The van der Waals surface area contributed by atoms with Gasteiger partial charge in [-0.15, -0.1) is 0 Å². The van der Waals surface area contributed by atoms with Gasteiger partial charge in [-0.3, -0.25) is 19.2 Å². The molecule has 2 aromatic carbocycles. The van der Waals surface area contributed by atoms with Crippen LogP contribution in [-0.2, 0) is 36.8 Å². The van der Waals surface area contributed by atoms with Crippen molar-refractivity contribution in [2.75, 3.05) is 6.54 Å². The molecule has 0 saturated carbocycles. The Labute approximate surface area is 213 Å². The molecule has 4 amide bonds. The van der Waals surface area contributed by atoms with Crippen molar-refractivity contribution in [3.63, 3.8) is 0 Å². The van der Waals surface area contributed by atoms with E-state index in [0.717, 1.165) is 5.56 Å². The van der Waals surface area contributed by atoms with Gasteiger partial charge in [-0.1, -0.05) is 42.5 Å². The number of nitrogens with two attached hydrogens (primary N) is 2. The topological polar surface area (TPSA) is 214 Å². The van der Waals surface area contributed by atoms with Gasteiger partial charge in [0.2, 0.25) is 23.6 Å². The molecule has 2 aromatic rings. The van der Waals surface area contributed by atoms with Crippen molar-refractivity contribution in [3.05, 3.63) is 65.7 Å². The lowest BCUT2D eigenvalue weighted by atomic mass is 10.0. The van der Waals surface area contributed by atoms with E-state index in [1.54, 1.807) is 0 Å². The van der Waals surface area contributed by atoms with Crippen molar-refractivity contribution in [2.24, 2.45) is 11.5 Å². The van der Waals surface area contributed by atoms with Crippen LogP contribution in [0.25, 0.3) is 0 Å². The zero-order valence-electron chi connectivity index (χ0n) is 20.1. The van der Waals surface area contributed by atoms with Crippen LogP contribution < -0.4 is 27.4 Å². The Morgan fingerprint density at radius 3 is 2.03 bits per heavy atom. The lowest BCUT2D eigenvalue weighted by molar-refractivity contribution is -0.142. The van der Waals surface area contributed by atoms with Crippen LogP contribution in [0, 0.1) is 0 Å². The van der Waals surface area contributed by atoms with Gasteiger partial charge in [-0.05, 0) is 36.1 Å². The lowest BCUT2D eigenvalue weighted by Gasteiger charge is -2.22. The van der Waals surface area contributed by atoms with Crippen molar-refractivity contribution in [1.29, 1.82) is 0 Å². The van der Waals surface area contributed by atoms with E-state index in [2.05, 4.69) is 16.0 Å². The molecule has 0 heterocycles. The normalized spacial score (nSPS) is 13.0. The van der Waals surface area contributed by atoms with Gasteiger partial charge in [-0.25, -0.2) is 4.79 Å². The Morgan fingerprint density at radius 2 is 1.43 bits per heavy atom. The van der Waals surface area contributed by atoms with Gasteiger partial charge >= 0.3 is 5.97 Å². The van der Waals surface area contributed by atoms with Crippen LogP contribution in [0.15, 0.2) is 54.6 Å². The average Bonchev–Trinajstić information content (AvgIpc) is 2.86. The number of phenolic OH excluding ortho intramolecular Hbond substituents is 1. The Morgan fingerprint density at radius 1 is 0.811 bits per heavy atom. The number of carboxylic acids is 1. The maximum Gasteiger partial charge on any atom is 0.326 e. The van der Waals surface area contributed by atoms with Crippen LogP contribution in [0.3, 0.4) is 0 Å². The molecule has 0 aliphatic rings. The Hall–Kier alpha value is -4.45. The molecule has 0 radical (unpaired) electrons. The fraction of sp³-hybridized carbons (Fsp3) is 0.320. The quantitative estimate of drug-likeness (QED) is 0.165. The molecule has 0 aliphatic carbocycles. The molecule has 2 rings (SSSR count). The van der Waals surface area contributed by atoms with E-state index in [4.69, 9.17) is 11.5 Å². The van der Waals surface area contributed by atoms with E-state index in [-0.39, 0.29) is 31.4 Å². The highest BCUT2D eigenvalue weighted by Crippen LogP contribution is 2.12. The van der Waals surface area contributed by atoms with Gasteiger partial charge in [0.25, 0.3) is 0 Å². The molecule has 0 aliphatic heterocycles. The predicted molar refractivity (Wildman–Crippen MR) is 133 cm³/mol. The highest BCUT2D eigenvalue weighted by Gasteiger charge is 2.27. The second kappa shape index (κ2) is 14.2. The molecule has 0 spiro atoms.